The lowest BCUT2D eigenvalue weighted by molar-refractivity contribution is 0.0977. The van der Waals surface area contributed by atoms with Crippen LogP contribution in [0.5, 0.6) is 11.6 Å². The molecule has 0 amide bonds. The van der Waals surface area contributed by atoms with Crippen LogP contribution in [0.3, 0.4) is 0 Å². The van der Waals surface area contributed by atoms with E-state index >= 15 is 0 Å². The van der Waals surface area contributed by atoms with E-state index in [9.17, 15) is 9.50 Å². The van der Waals surface area contributed by atoms with E-state index in [4.69, 9.17) is 9.84 Å². The summed E-state index contributed by atoms with van der Waals surface area (Å²) in [6.07, 6.45) is 3.84. The van der Waals surface area contributed by atoms with E-state index in [2.05, 4.69) is 11.8 Å². The number of rotatable bonds is 11. The molecule has 1 atom stereocenters. The summed E-state index contributed by atoms with van der Waals surface area (Å²) in [6.45, 7) is 6.19. The Morgan fingerprint density at radius 2 is 1.88 bits per heavy atom. The quantitative estimate of drug-likeness (QED) is 0.431. The fraction of sp³-hybridized carbons (Fsp3) is 0.423. The minimum atomic E-state index is -0.412. The van der Waals surface area contributed by atoms with E-state index in [1.165, 1.54) is 18.9 Å². The topological polar surface area (TPSA) is 50.5 Å². The van der Waals surface area contributed by atoms with Crippen molar-refractivity contribution < 1.29 is 14.2 Å². The van der Waals surface area contributed by atoms with Gasteiger partial charge in [0.1, 0.15) is 0 Å². The maximum absolute atomic E-state index is 14.4. The first-order valence-electron chi connectivity index (χ1n) is 11.5. The highest BCUT2D eigenvalue weighted by atomic mass is 19.1. The van der Waals surface area contributed by atoms with Crippen LogP contribution in [0, 0.1) is 18.7 Å². The van der Waals surface area contributed by atoms with Crippen molar-refractivity contribution in [3.63, 3.8) is 0 Å². The second kappa shape index (κ2) is 10.3. The highest BCUT2D eigenvalue weighted by molar-refractivity contribution is 5.43. The summed E-state index contributed by atoms with van der Waals surface area (Å²) in [4.78, 5) is 2.30. The smallest absolute Gasteiger partial charge is 0.227 e. The van der Waals surface area contributed by atoms with Crippen molar-refractivity contribution >= 4 is 0 Å². The maximum atomic E-state index is 14.4. The van der Waals surface area contributed by atoms with Gasteiger partial charge in [0.15, 0.2) is 11.6 Å². The minimum absolute atomic E-state index is 0.172. The van der Waals surface area contributed by atoms with E-state index in [0.717, 1.165) is 36.3 Å². The largest absolute Gasteiger partial charge is 0.435 e. The summed E-state index contributed by atoms with van der Waals surface area (Å²) in [5.41, 5.74) is 2.61. The first-order valence-corrected chi connectivity index (χ1v) is 11.5. The van der Waals surface area contributed by atoms with Gasteiger partial charge in [-0.25, -0.2) is 9.07 Å². The zero-order valence-corrected chi connectivity index (χ0v) is 18.9. The summed E-state index contributed by atoms with van der Waals surface area (Å²) < 4.78 is 22.4. The molecular weight excluding hydrogens is 405 g/mol. The lowest BCUT2D eigenvalue weighted by Gasteiger charge is -2.25. The second-order valence-electron chi connectivity index (χ2n) is 8.73. The fourth-order valence-corrected chi connectivity index (χ4v) is 4.02. The minimum Gasteiger partial charge on any atom is -0.435 e. The van der Waals surface area contributed by atoms with Gasteiger partial charge >= 0.3 is 0 Å². The number of aliphatic hydroxyl groups is 1. The molecule has 2 aromatic carbocycles. The molecule has 1 saturated carbocycles. The molecule has 0 radical (unpaired) electrons. The highest BCUT2D eigenvalue weighted by Crippen LogP contribution is 2.35. The summed E-state index contributed by atoms with van der Waals surface area (Å²) in [5, 5.41) is 15.2. The Morgan fingerprint density at radius 3 is 2.56 bits per heavy atom. The Morgan fingerprint density at radius 1 is 1.16 bits per heavy atom. The lowest BCUT2D eigenvalue weighted by atomic mass is 10.1. The Bertz CT molecular complexity index is 1020. The summed E-state index contributed by atoms with van der Waals surface area (Å²) in [6, 6.07) is 16.2. The van der Waals surface area contributed by atoms with Crippen LogP contribution in [0.25, 0.3) is 5.69 Å². The molecule has 0 unspecified atom stereocenters. The van der Waals surface area contributed by atoms with Crippen LogP contribution in [0.15, 0.2) is 54.6 Å². The van der Waals surface area contributed by atoms with Gasteiger partial charge in [0.05, 0.1) is 23.0 Å². The van der Waals surface area contributed by atoms with Crippen LogP contribution in [0.2, 0.25) is 0 Å². The lowest BCUT2D eigenvalue weighted by Crippen LogP contribution is -2.33. The van der Waals surface area contributed by atoms with Gasteiger partial charge < -0.3 is 9.84 Å². The molecule has 0 spiro atoms. The molecule has 3 aromatic rings. The zero-order valence-electron chi connectivity index (χ0n) is 18.9. The number of hydrogen-bond acceptors (Lipinski definition) is 4. The van der Waals surface area contributed by atoms with Gasteiger partial charge in [-0.2, -0.15) is 5.10 Å². The molecule has 0 bridgehead atoms. The summed E-state index contributed by atoms with van der Waals surface area (Å²) in [7, 11) is 0. The van der Waals surface area contributed by atoms with Gasteiger partial charge in [-0.15, -0.1) is 0 Å². The van der Waals surface area contributed by atoms with Crippen LogP contribution in [0.1, 0.15) is 43.9 Å². The number of aromatic nitrogens is 2. The molecule has 1 aliphatic rings. The highest BCUT2D eigenvalue weighted by Gasteiger charge is 2.28. The van der Waals surface area contributed by atoms with E-state index in [1.807, 2.05) is 37.3 Å². The maximum Gasteiger partial charge on any atom is 0.227 e. The SMILES string of the molecule is CCC[C@H](O)CN(Cc1c(C)nn(-c2ccccc2)c1Oc1ccccc1F)CC1CC1. The Balaban J connectivity index is 1.69. The normalized spacial score (nSPS) is 14.7. The molecule has 1 N–H and O–H groups in total. The molecule has 0 saturated heterocycles. The van der Waals surface area contributed by atoms with Crippen molar-refractivity contribution in [1.29, 1.82) is 0 Å². The van der Waals surface area contributed by atoms with Crippen molar-refractivity contribution in [2.45, 2.75) is 52.2 Å². The Labute approximate surface area is 189 Å². The van der Waals surface area contributed by atoms with Crippen LogP contribution in [-0.4, -0.2) is 39.0 Å². The molecule has 32 heavy (non-hydrogen) atoms. The monoisotopic (exact) mass is 437 g/mol. The van der Waals surface area contributed by atoms with Crippen molar-refractivity contribution in [3.05, 3.63) is 71.7 Å². The standard InChI is InChI=1S/C26H32FN3O2/c1-3-9-22(31)17-29(16-20-14-15-20)18-23-19(2)28-30(21-10-5-4-6-11-21)26(23)32-25-13-8-7-12-24(25)27/h4-8,10-13,20,22,31H,3,9,14-18H2,1-2H3/t22-/m0/s1. The number of hydrogen-bond donors (Lipinski definition) is 1. The molecule has 1 aromatic heterocycles. The molecule has 5 nitrogen and oxygen atoms in total. The van der Waals surface area contributed by atoms with Crippen molar-refractivity contribution in [2.75, 3.05) is 13.1 Å². The number of nitrogens with zero attached hydrogens (tertiary/aromatic N) is 3. The van der Waals surface area contributed by atoms with Crippen LogP contribution in [0.4, 0.5) is 4.39 Å². The van der Waals surface area contributed by atoms with Gasteiger partial charge in [0, 0.05) is 19.6 Å². The number of para-hydroxylation sites is 2. The third-order valence-corrected chi connectivity index (χ3v) is 5.87. The van der Waals surface area contributed by atoms with E-state index in [-0.39, 0.29) is 11.9 Å². The van der Waals surface area contributed by atoms with E-state index < -0.39 is 5.82 Å². The second-order valence-corrected chi connectivity index (χ2v) is 8.73. The van der Waals surface area contributed by atoms with Crippen molar-refractivity contribution in [1.82, 2.24) is 14.7 Å². The number of aryl methyl sites for hydroxylation is 1. The van der Waals surface area contributed by atoms with Crippen LogP contribution < -0.4 is 4.74 Å². The van der Waals surface area contributed by atoms with Crippen LogP contribution >= 0.6 is 0 Å². The molecule has 4 rings (SSSR count). The average molecular weight is 438 g/mol. The zero-order chi connectivity index (χ0) is 22.5. The first-order chi connectivity index (χ1) is 15.5. The van der Waals surface area contributed by atoms with Gasteiger partial charge in [-0.05, 0) is 56.4 Å². The Hall–Kier alpha value is -2.70. The van der Waals surface area contributed by atoms with E-state index in [0.29, 0.717) is 24.9 Å². The number of ether oxygens (including phenoxy) is 1. The molecule has 1 aliphatic carbocycles. The molecule has 6 heteroatoms. The van der Waals surface area contributed by atoms with Crippen LogP contribution in [-0.2, 0) is 6.54 Å². The number of benzene rings is 2. The molecule has 1 heterocycles. The third kappa shape index (κ3) is 5.56. The predicted molar refractivity (Wildman–Crippen MR) is 124 cm³/mol. The molecule has 1 fully saturated rings. The predicted octanol–water partition coefficient (Wildman–Crippen LogP) is 5.49. The summed E-state index contributed by atoms with van der Waals surface area (Å²) in [5.74, 6) is 0.963. The van der Waals surface area contributed by atoms with Gasteiger partial charge in [0.2, 0.25) is 5.88 Å². The average Bonchev–Trinajstić information content (AvgIpc) is 3.55. The first kappa shape index (κ1) is 22.5. The molecule has 0 aliphatic heterocycles. The van der Waals surface area contributed by atoms with Crippen molar-refractivity contribution in [3.8, 4) is 17.3 Å². The molecular formula is C26H32FN3O2. The van der Waals surface area contributed by atoms with Gasteiger partial charge in [-0.3, -0.25) is 4.90 Å². The third-order valence-electron chi connectivity index (χ3n) is 5.87. The fourth-order valence-electron chi connectivity index (χ4n) is 4.02. The van der Waals surface area contributed by atoms with E-state index in [1.54, 1.807) is 22.9 Å². The van der Waals surface area contributed by atoms with Crippen molar-refractivity contribution in [2.24, 2.45) is 5.92 Å². The van der Waals surface area contributed by atoms with Gasteiger partial charge in [-0.1, -0.05) is 43.7 Å². The summed E-state index contributed by atoms with van der Waals surface area (Å²) >= 11 is 0. The molecule has 170 valence electrons. The number of halogens is 1. The number of aliphatic hydroxyl groups excluding tert-OH is 1. The van der Waals surface area contributed by atoms with Gasteiger partial charge in [0.25, 0.3) is 0 Å². The Kier molecular flexibility index (Phi) is 7.22.